The van der Waals surface area contributed by atoms with Crippen molar-refractivity contribution in [2.75, 3.05) is 0 Å². The highest BCUT2D eigenvalue weighted by molar-refractivity contribution is 7.13. The van der Waals surface area contributed by atoms with Gasteiger partial charge in [0.1, 0.15) is 35.2 Å². The van der Waals surface area contributed by atoms with E-state index >= 15 is 0 Å². The van der Waals surface area contributed by atoms with Crippen LogP contribution in [-0.2, 0) is 40.7 Å². The number of pyridine rings is 5. The number of aryl methyl sites for hydroxylation is 13. The van der Waals surface area contributed by atoms with Crippen molar-refractivity contribution in [1.82, 2.24) is 0 Å². The fraction of sp³-hybridized carbons (Fsp3) is 0.227. The zero-order chi connectivity index (χ0) is 80.7. The molecular weight excluding hydrogens is 1480 g/mol. The maximum Gasteiger partial charge on any atom is 0.269 e. The number of benzene rings is 6. The molecular formula is C97H105N11S5+10. The third kappa shape index (κ3) is 17.6. The molecule has 0 aliphatic heterocycles. The lowest BCUT2D eigenvalue weighted by Crippen LogP contribution is -2.36. The molecule has 0 saturated heterocycles. The molecule has 0 aliphatic rings. The Morgan fingerprint density at radius 3 is 1.06 bits per heavy atom. The molecule has 0 amide bonds. The van der Waals surface area contributed by atoms with E-state index in [-0.39, 0.29) is 5.41 Å². The highest BCUT2D eigenvalue weighted by Gasteiger charge is 2.31. The van der Waals surface area contributed by atoms with Crippen molar-refractivity contribution in [2.24, 2.45) is 35.2 Å². The SMILES string of the molecule is Cc1c(-[n+]2ccccc2C)cc2ccccc2c1-c1scc[n+]1C.Cc1c(-c2scc[n+]2C)cc(C(C)(C)C)cc1-[n+]1ccccc1C.Cc1cc(-c2scc[n+]2C)c(C)c(-[n+]2ccccc2C)c1.Cc1cc(C)c(-[n+]2ccccc2C)c(C)c1-c1scc[n+]1C.[C-]#[N+]c1cc(-c2scc[n+]2C)c(C)c(-[n+]2ccccc2C)c1. The van der Waals surface area contributed by atoms with Gasteiger partial charge in [-0.25, -0.2) is 4.85 Å². The third-order valence-electron chi connectivity index (χ3n) is 21.1. The molecule has 0 spiro atoms. The molecule has 0 N–H and O–H groups in total. The lowest BCUT2D eigenvalue weighted by Gasteiger charge is -2.21. The molecule has 0 bridgehead atoms. The molecule has 16 heteroatoms. The second kappa shape index (κ2) is 35.3. The van der Waals surface area contributed by atoms with E-state index in [1.54, 1.807) is 56.7 Å². The Labute approximate surface area is 688 Å². The number of rotatable bonds is 10. The van der Waals surface area contributed by atoms with Gasteiger partial charge in [0.15, 0.2) is 96.1 Å². The molecule has 16 rings (SSSR count). The summed E-state index contributed by atoms with van der Waals surface area (Å²) in [4.78, 5) is 3.66. The minimum absolute atomic E-state index is 0.107. The number of fused-ring (bicyclic) bond motifs is 1. The van der Waals surface area contributed by atoms with Crippen molar-refractivity contribution in [3.8, 4) is 81.3 Å². The highest BCUT2D eigenvalue weighted by atomic mass is 32.1. The first kappa shape index (κ1) is 81.5. The standard InChI is InChI=1S/C21H20N2S.C21H26N2S.C19H22N2S.C18H17N3S.C18H20N2S/c1-15-8-6-7-11-23(15)19-14-17-9-4-5-10-18(17)20(16(19)2)21-22(3)12-13-24-21;1-15-9-7-8-10-23(15)19-14-17(21(3,4)5)13-18(16(19)2)20-22(6)11-12-24-20;1-13-12-14(2)18(21-9-7-6-8-15(21)3)16(4)17(13)19-20(5)10-11-22-19;1-13-7-5-6-8-21(13)17-12-15(19-3)11-16(14(17)2)18-20(4)9-10-22-18;1-13-11-16(18-19(4)9-10-21-18)15(3)17(12-13)20-8-6-5-7-14(20)2/h4-14H,1-3H3;7-14H,1-6H3;6-12H,1-5H3;5-12H,1-2,4H3;5-12H,1-4H3/q5*+2. The molecule has 6 aromatic carbocycles. The zero-order valence-corrected chi connectivity index (χ0v) is 73.3. The summed E-state index contributed by atoms with van der Waals surface area (Å²) in [5, 5.41) is 19.6. The summed E-state index contributed by atoms with van der Waals surface area (Å²) in [6, 6.07) is 57.9. The van der Waals surface area contributed by atoms with E-state index in [1.165, 1.54) is 154 Å². The van der Waals surface area contributed by atoms with Crippen molar-refractivity contribution in [1.29, 1.82) is 0 Å². The normalized spacial score (nSPS) is 11.0. The van der Waals surface area contributed by atoms with Crippen molar-refractivity contribution < 1.29 is 45.7 Å². The Bertz CT molecular complexity index is 6210. The maximum absolute atomic E-state index is 7.42. The monoisotopic (exact) mass is 1580 g/mol. The van der Waals surface area contributed by atoms with Gasteiger partial charge < -0.3 is 0 Å². The van der Waals surface area contributed by atoms with Crippen LogP contribution in [0.4, 0.5) is 5.69 Å². The number of hydrogen-bond acceptors (Lipinski definition) is 5. The molecule has 0 unspecified atom stereocenters. The van der Waals surface area contributed by atoms with Crippen LogP contribution in [-0.4, -0.2) is 0 Å². The van der Waals surface area contributed by atoms with Crippen LogP contribution < -0.4 is 45.7 Å². The Kier molecular flexibility index (Phi) is 25.5. The Balaban J connectivity index is 0.000000131. The first-order valence-corrected chi connectivity index (χ1v) is 42.5. The summed E-state index contributed by atoms with van der Waals surface area (Å²) in [6.07, 6.45) is 21.2. The molecule has 568 valence electrons. The highest BCUT2D eigenvalue weighted by Crippen LogP contribution is 2.38. The number of thiazole rings is 5. The molecule has 11 nitrogen and oxygen atoms in total. The number of hydrogen-bond donors (Lipinski definition) is 0. The summed E-state index contributed by atoms with van der Waals surface area (Å²) < 4.78 is 22.2. The molecule has 0 radical (unpaired) electrons. The first-order chi connectivity index (χ1) is 54.1. The summed E-state index contributed by atoms with van der Waals surface area (Å²) in [5.41, 5.74) is 31.3. The maximum atomic E-state index is 7.42. The van der Waals surface area contributed by atoms with Crippen LogP contribution in [0.3, 0.4) is 0 Å². The largest absolute Gasteiger partial charge is 0.269 e. The van der Waals surface area contributed by atoms with Crippen LogP contribution >= 0.6 is 56.7 Å². The van der Waals surface area contributed by atoms with E-state index in [0.29, 0.717) is 5.69 Å². The minimum Gasteiger partial charge on any atom is -0.238 e. The van der Waals surface area contributed by atoms with Crippen LogP contribution in [0.5, 0.6) is 0 Å². The minimum atomic E-state index is 0.107. The predicted octanol–water partition coefficient (Wildman–Crippen LogP) is 19.6. The van der Waals surface area contributed by atoms with Crippen molar-refractivity contribution in [3.63, 3.8) is 0 Å². The van der Waals surface area contributed by atoms with E-state index < -0.39 is 0 Å². The van der Waals surface area contributed by atoms with Gasteiger partial charge in [0.2, 0.25) is 28.4 Å². The lowest BCUT2D eigenvalue weighted by atomic mass is 9.84. The summed E-state index contributed by atoms with van der Waals surface area (Å²) in [5.74, 6) is 0. The van der Waals surface area contributed by atoms with Gasteiger partial charge in [-0.1, -0.05) is 132 Å². The summed E-state index contributed by atoms with van der Waals surface area (Å²) in [7, 11) is 10.5. The molecule has 0 atom stereocenters. The van der Waals surface area contributed by atoms with Crippen molar-refractivity contribution in [2.45, 2.75) is 116 Å². The van der Waals surface area contributed by atoms with Crippen molar-refractivity contribution in [3.05, 3.63) is 343 Å². The average molecular weight is 1590 g/mol. The second-order valence-electron chi connectivity index (χ2n) is 30.3. The Hall–Kier alpha value is -11.0. The molecule has 10 aromatic heterocycles. The first-order valence-electron chi connectivity index (χ1n) is 38.1. The smallest absolute Gasteiger partial charge is 0.238 e. The second-order valence-corrected chi connectivity index (χ2v) is 34.7. The van der Waals surface area contributed by atoms with Gasteiger partial charge >= 0.3 is 0 Å². The third-order valence-corrected chi connectivity index (χ3v) is 26.0. The quantitative estimate of drug-likeness (QED) is 0.0968. The van der Waals surface area contributed by atoms with Gasteiger partial charge in [0, 0.05) is 153 Å². The van der Waals surface area contributed by atoms with E-state index in [0.717, 1.165) is 16.9 Å². The van der Waals surface area contributed by atoms with E-state index in [2.05, 4.69) is 405 Å². The average Bonchev–Trinajstić information content (AvgIpc) is 0.969. The topological polar surface area (TPSA) is 43.2 Å². The molecule has 113 heavy (non-hydrogen) atoms. The van der Waals surface area contributed by atoms with E-state index in [9.17, 15) is 0 Å². The summed E-state index contributed by atoms with van der Waals surface area (Å²) in [6.45, 7) is 42.6. The molecule has 0 fully saturated rings. The molecule has 10 heterocycles. The van der Waals surface area contributed by atoms with Crippen molar-refractivity contribution >= 4 is 73.1 Å². The van der Waals surface area contributed by atoms with E-state index in [4.69, 9.17) is 6.57 Å². The predicted molar refractivity (Wildman–Crippen MR) is 466 cm³/mol. The van der Waals surface area contributed by atoms with Crippen LogP contribution in [0.1, 0.15) is 99.3 Å². The van der Waals surface area contributed by atoms with Gasteiger partial charge in [-0.2, -0.15) is 45.7 Å². The van der Waals surface area contributed by atoms with Gasteiger partial charge in [-0.3, -0.25) is 0 Å². The molecule has 16 aromatic rings. The van der Waals surface area contributed by atoms with Gasteiger partial charge in [0.05, 0.1) is 61.3 Å². The van der Waals surface area contributed by atoms with E-state index in [1.807, 2.05) is 43.7 Å². The number of nitrogens with zero attached hydrogens (tertiary/aromatic N) is 11. The van der Waals surface area contributed by atoms with Crippen LogP contribution in [0.25, 0.3) is 96.9 Å². The van der Waals surface area contributed by atoms with Gasteiger partial charge in [-0.15, -0.1) is 0 Å². The fourth-order valence-corrected chi connectivity index (χ4v) is 19.7. The van der Waals surface area contributed by atoms with Gasteiger partial charge in [0.25, 0.3) is 25.0 Å². The van der Waals surface area contributed by atoms with Crippen LogP contribution in [0.2, 0.25) is 0 Å². The van der Waals surface area contributed by atoms with Crippen LogP contribution in [0, 0.1) is 96.6 Å². The van der Waals surface area contributed by atoms with Crippen LogP contribution in [0.15, 0.2) is 253 Å². The Morgan fingerprint density at radius 1 is 0.310 bits per heavy atom. The Morgan fingerprint density at radius 2 is 0.664 bits per heavy atom. The fourth-order valence-electron chi connectivity index (χ4n) is 14.9. The number of aromatic nitrogens is 10. The molecule has 0 saturated carbocycles. The zero-order valence-electron chi connectivity index (χ0n) is 69.2. The van der Waals surface area contributed by atoms with Gasteiger partial charge in [-0.05, 0) is 113 Å². The summed E-state index contributed by atoms with van der Waals surface area (Å²) >= 11 is 8.87. The lowest BCUT2D eigenvalue weighted by molar-refractivity contribution is -0.656. The molecule has 0 aliphatic carbocycles.